The normalized spacial score (nSPS) is 10.8. The first-order valence-electron chi connectivity index (χ1n) is 12.1. The zero-order valence-corrected chi connectivity index (χ0v) is 20.6. The molecule has 0 atom stereocenters. The highest BCUT2D eigenvalue weighted by Crippen LogP contribution is 2.27. The van der Waals surface area contributed by atoms with Crippen LogP contribution in [0.5, 0.6) is 17.2 Å². The van der Waals surface area contributed by atoms with E-state index in [1.165, 1.54) is 6.21 Å². The third kappa shape index (κ3) is 7.18. The second-order valence-electron chi connectivity index (χ2n) is 8.21. The molecule has 188 valence electrons. The fraction of sp³-hybridized carbons (Fsp3) is 0.167. The monoisotopic (exact) mass is 496 g/mol. The summed E-state index contributed by atoms with van der Waals surface area (Å²) in [6, 6.07) is 27.1. The number of benzene rings is 4. The summed E-state index contributed by atoms with van der Waals surface area (Å²) in [5, 5.41) is 5.86. The van der Waals surface area contributed by atoms with Gasteiger partial charge in [-0.15, -0.1) is 0 Å². The van der Waals surface area contributed by atoms with Crippen LogP contribution in [0.3, 0.4) is 0 Å². The van der Waals surface area contributed by atoms with E-state index in [1.807, 2.05) is 36.4 Å². The van der Waals surface area contributed by atoms with Crippen molar-refractivity contribution < 1.29 is 23.8 Å². The average molecular weight is 497 g/mol. The molecule has 1 N–H and O–H groups in total. The molecule has 0 bridgehead atoms. The van der Waals surface area contributed by atoms with Crippen LogP contribution in [0.15, 0.2) is 96.1 Å². The van der Waals surface area contributed by atoms with Crippen LogP contribution < -0.4 is 19.6 Å². The Kier molecular flexibility index (Phi) is 8.86. The molecule has 0 aliphatic heterocycles. The molecular formula is C30H28N2O5. The first-order valence-corrected chi connectivity index (χ1v) is 12.1. The molecule has 7 nitrogen and oxygen atoms in total. The van der Waals surface area contributed by atoms with Gasteiger partial charge in [0.05, 0.1) is 18.4 Å². The van der Waals surface area contributed by atoms with Gasteiger partial charge in [-0.3, -0.25) is 4.79 Å². The summed E-state index contributed by atoms with van der Waals surface area (Å²) in [7, 11) is 0. The summed E-state index contributed by atoms with van der Waals surface area (Å²) in [6.45, 7) is 2.57. The van der Waals surface area contributed by atoms with Crippen LogP contribution in [0.2, 0.25) is 0 Å². The number of hydrogen-bond acceptors (Lipinski definition) is 6. The van der Waals surface area contributed by atoms with Gasteiger partial charge in [0.15, 0.2) is 6.61 Å². The Hall–Kier alpha value is -4.65. The second-order valence-corrected chi connectivity index (χ2v) is 8.21. The number of amides is 1. The molecule has 4 aromatic carbocycles. The lowest BCUT2D eigenvalue weighted by molar-refractivity contribution is -0.123. The van der Waals surface area contributed by atoms with Crippen LogP contribution in [-0.2, 0) is 4.79 Å². The zero-order valence-electron chi connectivity index (χ0n) is 20.6. The van der Waals surface area contributed by atoms with Crippen molar-refractivity contribution in [2.45, 2.75) is 19.8 Å². The highest BCUT2D eigenvalue weighted by Gasteiger charge is 2.13. The smallest absolute Gasteiger partial charge is 0.343 e. The maximum absolute atomic E-state index is 12.6. The molecule has 37 heavy (non-hydrogen) atoms. The number of unbranched alkanes of at least 4 members (excludes halogenated alkanes) is 1. The summed E-state index contributed by atoms with van der Waals surface area (Å²) in [4.78, 5) is 24.9. The Labute approximate surface area is 215 Å². The molecule has 0 radical (unpaired) electrons. The Bertz CT molecular complexity index is 1370. The van der Waals surface area contributed by atoms with Gasteiger partial charge in [0, 0.05) is 5.56 Å². The third-order valence-electron chi connectivity index (χ3n) is 5.49. The van der Waals surface area contributed by atoms with Crippen LogP contribution in [0.4, 0.5) is 0 Å². The zero-order chi connectivity index (χ0) is 25.9. The molecule has 0 unspecified atom stereocenters. The van der Waals surface area contributed by atoms with E-state index >= 15 is 0 Å². The molecule has 0 saturated carbocycles. The Morgan fingerprint density at radius 3 is 2.30 bits per heavy atom. The quantitative estimate of drug-likeness (QED) is 0.0937. The lowest BCUT2D eigenvalue weighted by Gasteiger charge is -2.11. The Morgan fingerprint density at radius 2 is 1.54 bits per heavy atom. The lowest BCUT2D eigenvalue weighted by atomic mass is 10.0. The van der Waals surface area contributed by atoms with Gasteiger partial charge in [-0.2, -0.15) is 5.10 Å². The molecular weight excluding hydrogens is 468 g/mol. The van der Waals surface area contributed by atoms with Gasteiger partial charge in [0.1, 0.15) is 17.2 Å². The van der Waals surface area contributed by atoms with Crippen molar-refractivity contribution >= 4 is 28.9 Å². The number of carbonyl (C=O) groups excluding carboxylic acids is 2. The van der Waals surface area contributed by atoms with Gasteiger partial charge in [-0.05, 0) is 59.7 Å². The number of hydrogen-bond donors (Lipinski definition) is 1. The summed E-state index contributed by atoms with van der Waals surface area (Å²) < 4.78 is 16.8. The first-order chi connectivity index (χ1) is 18.1. The number of nitrogens with zero attached hydrogens (tertiary/aromatic N) is 1. The van der Waals surface area contributed by atoms with E-state index in [9.17, 15) is 9.59 Å². The van der Waals surface area contributed by atoms with Crippen molar-refractivity contribution in [3.8, 4) is 17.2 Å². The first kappa shape index (κ1) is 25.4. The van der Waals surface area contributed by atoms with Gasteiger partial charge in [0.25, 0.3) is 5.91 Å². The minimum absolute atomic E-state index is 0.210. The summed E-state index contributed by atoms with van der Waals surface area (Å²) in [6.07, 6.45) is 3.53. The fourth-order valence-electron chi connectivity index (χ4n) is 3.55. The average Bonchev–Trinajstić information content (AvgIpc) is 2.94. The van der Waals surface area contributed by atoms with E-state index in [2.05, 4.69) is 17.5 Å². The topological polar surface area (TPSA) is 86.2 Å². The van der Waals surface area contributed by atoms with Gasteiger partial charge >= 0.3 is 5.97 Å². The lowest BCUT2D eigenvalue weighted by Crippen LogP contribution is -2.24. The molecule has 0 saturated heterocycles. The number of carbonyl (C=O) groups is 2. The molecule has 0 aliphatic rings. The van der Waals surface area contributed by atoms with E-state index in [1.54, 1.807) is 54.6 Å². The molecule has 4 rings (SSSR count). The Morgan fingerprint density at radius 1 is 0.838 bits per heavy atom. The number of nitrogens with one attached hydrogen (secondary N) is 1. The number of ether oxygens (including phenoxy) is 3. The predicted octanol–water partition coefficient (Wildman–Crippen LogP) is 5.77. The van der Waals surface area contributed by atoms with E-state index < -0.39 is 11.9 Å². The maximum atomic E-state index is 12.6. The van der Waals surface area contributed by atoms with E-state index in [0.717, 1.165) is 29.4 Å². The molecule has 0 aromatic heterocycles. The molecule has 4 aromatic rings. The molecule has 0 heterocycles. The van der Waals surface area contributed by atoms with Crippen molar-refractivity contribution in [2.75, 3.05) is 13.2 Å². The van der Waals surface area contributed by atoms with E-state index in [-0.39, 0.29) is 6.61 Å². The van der Waals surface area contributed by atoms with Crippen molar-refractivity contribution in [1.29, 1.82) is 0 Å². The minimum atomic E-state index is -0.482. The number of rotatable bonds is 11. The van der Waals surface area contributed by atoms with Gasteiger partial charge < -0.3 is 14.2 Å². The van der Waals surface area contributed by atoms with Gasteiger partial charge in [-0.1, -0.05) is 61.9 Å². The Balaban J connectivity index is 1.39. The molecule has 1 amide bonds. The van der Waals surface area contributed by atoms with Crippen LogP contribution in [0.1, 0.15) is 35.7 Å². The van der Waals surface area contributed by atoms with Crippen LogP contribution in [-0.4, -0.2) is 31.3 Å². The summed E-state index contributed by atoms with van der Waals surface area (Å²) in [5.74, 6) is 0.732. The standard InChI is InChI=1S/C30H28N2O5/c1-2-3-19-35-24-14-16-25(17-15-24)36-21-29(33)32-31-20-27-26-12-8-7-9-22(26)13-18-28(27)37-30(34)23-10-5-4-6-11-23/h4-18,20H,2-3,19,21H2,1H3,(H,32,33)/b31-20-. The maximum Gasteiger partial charge on any atom is 0.343 e. The largest absolute Gasteiger partial charge is 0.494 e. The van der Waals surface area contributed by atoms with Crippen molar-refractivity contribution in [3.05, 3.63) is 102 Å². The van der Waals surface area contributed by atoms with Crippen LogP contribution in [0.25, 0.3) is 10.8 Å². The summed E-state index contributed by atoms with van der Waals surface area (Å²) >= 11 is 0. The second kappa shape index (κ2) is 12.9. The SMILES string of the molecule is CCCCOc1ccc(OCC(=O)N/N=C\c2c(OC(=O)c3ccccc3)ccc3ccccc23)cc1. The third-order valence-corrected chi connectivity index (χ3v) is 5.49. The van der Waals surface area contributed by atoms with Gasteiger partial charge in [-0.25, -0.2) is 10.2 Å². The molecule has 0 aliphatic carbocycles. The van der Waals surface area contributed by atoms with Crippen molar-refractivity contribution in [2.24, 2.45) is 5.10 Å². The number of fused-ring (bicyclic) bond motifs is 1. The number of hydrazone groups is 1. The van der Waals surface area contributed by atoms with Crippen LogP contribution in [0, 0.1) is 0 Å². The van der Waals surface area contributed by atoms with E-state index in [0.29, 0.717) is 29.2 Å². The highest BCUT2D eigenvalue weighted by atomic mass is 16.5. The molecule has 0 fully saturated rings. The molecule has 7 heteroatoms. The minimum Gasteiger partial charge on any atom is -0.494 e. The van der Waals surface area contributed by atoms with E-state index in [4.69, 9.17) is 14.2 Å². The summed E-state index contributed by atoms with van der Waals surface area (Å²) in [5.41, 5.74) is 3.47. The molecule has 0 spiro atoms. The fourth-order valence-corrected chi connectivity index (χ4v) is 3.55. The highest BCUT2D eigenvalue weighted by molar-refractivity contribution is 6.04. The predicted molar refractivity (Wildman–Crippen MR) is 143 cm³/mol. The van der Waals surface area contributed by atoms with Gasteiger partial charge in [0.2, 0.25) is 0 Å². The van der Waals surface area contributed by atoms with Crippen molar-refractivity contribution in [1.82, 2.24) is 5.43 Å². The van der Waals surface area contributed by atoms with Crippen LogP contribution >= 0.6 is 0 Å². The van der Waals surface area contributed by atoms with Crippen molar-refractivity contribution in [3.63, 3.8) is 0 Å². The number of esters is 1.